The average Bonchev–Trinajstić information content (AvgIpc) is 3.42. The van der Waals surface area contributed by atoms with Gasteiger partial charge in [0.2, 0.25) is 0 Å². The summed E-state index contributed by atoms with van der Waals surface area (Å²) < 4.78 is 0. The topological polar surface area (TPSA) is 63.7 Å². The van der Waals surface area contributed by atoms with Crippen LogP contribution >= 0.6 is 11.3 Å². The molecule has 0 atom stereocenters. The lowest BCUT2D eigenvalue weighted by molar-refractivity contribution is 0.250. The standard InChI is InChI=1S/C30H22N4S/c31-15-22-8-10-23(11-9-22)18-34(20-27-17-33-21-35-27)19-24-12-13-26(16-32)30(14-24)29-7-3-5-25-4-1-2-6-28(25)29/h1-14,17,21H,18-20H2. The number of nitrogens with zero attached hydrogens (tertiary/aromatic N) is 4. The van der Waals surface area contributed by atoms with Gasteiger partial charge in [-0.25, -0.2) is 0 Å². The van der Waals surface area contributed by atoms with Crippen LogP contribution < -0.4 is 0 Å². The minimum absolute atomic E-state index is 0.662. The molecule has 4 nitrogen and oxygen atoms in total. The van der Waals surface area contributed by atoms with E-state index in [1.807, 2.05) is 66.3 Å². The van der Waals surface area contributed by atoms with Crippen molar-refractivity contribution in [3.8, 4) is 23.3 Å². The highest BCUT2D eigenvalue weighted by atomic mass is 32.1. The number of benzene rings is 4. The number of thiazole rings is 1. The summed E-state index contributed by atoms with van der Waals surface area (Å²) in [6, 6.07) is 33.0. The third-order valence-corrected chi connectivity index (χ3v) is 6.81. The van der Waals surface area contributed by atoms with Gasteiger partial charge in [-0.2, -0.15) is 10.5 Å². The lowest BCUT2D eigenvalue weighted by atomic mass is 9.93. The minimum Gasteiger partial charge on any atom is -0.290 e. The van der Waals surface area contributed by atoms with E-state index in [1.54, 1.807) is 11.3 Å². The summed E-state index contributed by atoms with van der Waals surface area (Å²) in [6.07, 6.45) is 1.91. The molecule has 0 radical (unpaired) electrons. The van der Waals surface area contributed by atoms with Gasteiger partial charge in [0.15, 0.2) is 0 Å². The summed E-state index contributed by atoms with van der Waals surface area (Å²) in [6.45, 7) is 2.24. The molecule has 0 bridgehead atoms. The fourth-order valence-corrected chi connectivity index (χ4v) is 5.02. The van der Waals surface area contributed by atoms with Crippen molar-refractivity contribution in [2.45, 2.75) is 19.6 Å². The number of nitriles is 2. The van der Waals surface area contributed by atoms with Crippen molar-refractivity contribution in [3.05, 3.63) is 124 Å². The molecular weight excluding hydrogens is 448 g/mol. The van der Waals surface area contributed by atoms with Crippen molar-refractivity contribution in [2.24, 2.45) is 0 Å². The summed E-state index contributed by atoms with van der Waals surface area (Å²) in [7, 11) is 0. The van der Waals surface area contributed by atoms with Crippen molar-refractivity contribution in [3.63, 3.8) is 0 Å². The second-order valence-electron chi connectivity index (χ2n) is 8.44. The first kappa shape index (κ1) is 22.5. The zero-order chi connectivity index (χ0) is 24.0. The van der Waals surface area contributed by atoms with Gasteiger partial charge in [-0.3, -0.25) is 9.88 Å². The Hall–Kier alpha value is -4.29. The number of hydrogen-bond acceptors (Lipinski definition) is 5. The number of fused-ring (bicyclic) bond motifs is 1. The van der Waals surface area contributed by atoms with Crippen molar-refractivity contribution in [1.82, 2.24) is 9.88 Å². The summed E-state index contributed by atoms with van der Waals surface area (Å²) in [5, 5.41) is 21.3. The third-order valence-electron chi connectivity index (χ3n) is 6.04. The van der Waals surface area contributed by atoms with Gasteiger partial charge in [0.05, 0.1) is 28.8 Å². The van der Waals surface area contributed by atoms with E-state index in [-0.39, 0.29) is 0 Å². The molecule has 35 heavy (non-hydrogen) atoms. The van der Waals surface area contributed by atoms with Crippen LogP contribution in [0.2, 0.25) is 0 Å². The Kier molecular flexibility index (Phi) is 6.63. The smallest absolute Gasteiger partial charge is 0.0998 e. The maximum absolute atomic E-state index is 9.84. The fourth-order valence-electron chi connectivity index (χ4n) is 4.38. The fraction of sp³-hybridized carbons (Fsp3) is 0.100. The molecule has 0 N–H and O–H groups in total. The van der Waals surface area contributed by atoms with Gasteiger partial charge < -0.3 is 0 Å². The Balaban J connectivity index is 1.49. The van der Waals surface area contributed by atoms with E-state index in [9.17, 15) is 5.26 Å². The summed E-state index contributed by atoms with van der Waals surface area (Å²) in [5.41, 5.74) is 7.51. The van der Waals surface area contributed by atoms with Crippen molar-refractivity contribution >= 4 is 22.1 Å². The lowest BCUT2D eigenvalue weighted by Crippen LogP contribution is -2.22. The van der Waals surface area contributed by atoms with Crippen molar-refractivity contribution in [2.75, 3.05) is 0 Å². The van der Waals surface area contributed by atoms with Gasteiger partial charge in [0.25, 0.3) is 0 Å². The number of aromatic nitrogens is 1. The second-order valence-corrected chi connectivity index (χ2v) is 9.41. The van der Waals surface area contributed by atoms with Crippen LogP contribution in [0, 0.1) is 22.7 Å². The maximum Gasteiger partial charge on any atom is 0.0998 e. The predicted molar refractivity (Wildman–Crippen MR) is 140 cm³/mol. The monoisotopic (exact) mass is 470 g/mol. The van der Waals surface area contributed by atoms with E-state index in [0.717, 1.165) is 52.7 Å². The van der Waals surface area contributed by atoms with E-state index >= 15 is 0 Å². The molecule has 0 unspecified atom stereocenters. The van der Waals surface area contributed by atoms with Crippen molar-refractivity contribution in [1.29, 1.82) is 10.5 Å². The molecule has 0 aliphatic carbocycles. The van der Waals surface area contributed by atoms with E-state index < -0.39 is 0 Å². The van der Waals surface area contributed by atoms with Crippen LogP contribution in [0.25, 0.3) is 21.9 Å². The first-order chi connectivity index (χ1) is 17.2. The molecule has 5 rings (SSSR count). The average molecular weight is 471 g/mol. The molecule has 1 heterocycles. The SMILES string of the molecule is N#Cc1ccc(CN(Cc2ccc(C#N)c(-c3cccc4ccccc34)c2)Cc2cncs2)cc1. The molecule has 0 fully saturated rings. The van der Waals surface area contributed by atoms with E-state index in [1.165, 1.54) is 4.88 Å². The number of hydrogen-bond donors (Lipinski definition) is 0. The zero-order valence-corrected chi connectivity index (χ0v) is 19.9. The molecule has 0 spiro atoms. The van der Waals surface area contributed by atoms with Crippen LogP contribution in [0.5, 0.6) is 0 Å². The lowest BCUT2D eigenvalue weighted by Gasteiger charge is -2.22. The molecule has 0 amide bonds. The molecule has 168 valence electrons. The first-order valence-electron chi connectivity index (χ1n) is 11.3. The van der Waals surface area contributed by atoms with Crippen LogP contribution in [0.3, 0.4) is 0 Å². The molecule has 0 aliphatic rings. The minimum atomic E-state index is 0.662. The van der Waals surface area contributed by atoms with Crippen LogP contribution in [-0.4, -0.2) is 9.88 Å². The number of rotatable bonds is 7. The molecule has 5 aromatic rings. The van der Waals surface area contributed by atoms with Crippen LogP contribution in [-0.2, 0) is 19.6 Å². The summed E-state index contributed by atoms with van der Waals surface area (Å²) >= 11 is 1.65. The van der Waals surface area contributed by atoms with Gasteiger partial charge in [-0.05, 0) is 51.7 Å². The van der Waals surface area contributed by atoms with Crippen LogP contribution in [0.15, 0.2) is 96.6 Å². The summed E-state index contributed by atoms with van der Waals surface area (Å²) in [4.78, 5) is 7.80. The zero-order valence-electron chi connectivity index (χ0n) is 19.1. The molecule has 0 aliphatic heterocycles. The van der Waals surface area contributed by atoms with Crippen LogP contribution in [0.1, 0.15) is 27.1 Å². The quantitative estimate of drug-likeness (QED) is 0.259. The van der Waals surface area contributed by atoms with E-state index in [4.69, 9.17) is 5.26 Å². The molecular formula is C30H22N4S. The van der Waals surface area contributed by atoms with Gasteiger partial charge in [-0.15, -0.1) is 11.3 Å². The predicted octanol–water partition coefficient (Wildman–Crippen LogP) is 6.91. The van der Waals surface area contributed by atoms with Crippen molar-refractivity contribution < 1.29 is 0 Å². The Morgan fingerprint density at radius 2 is 1.51 bits per heavy atom. The van der Waals surface area contributed by atoms with E-state index in [0.29, 0.717) is 11.1 Å². The highest BCUT2D eigenvalue weighted by molar-refractivity contribution is 7.09. The Labute approximate surface area is 209 Å². The normalized spacial score (nSPS) is 10.8. The Bertz CT molecular complexity index is 1540. The van der Waals surface area contributed by atoms with Gasteiger partial charge in [0, 0.05) is 36.3 Å². The Morgan fingerprint density at radius 3 is 2.29 bits per heavy atom. The van der Waals surface area contributed by atoms with Crippen LogP contribution in [0.4, 0.5) is 0 Å². The third kappa shape index (κ3) is 5.13. The first-order valence-corrected chi connectivity index (χ1v) is 12.2. The molecule has 4 aromatic carbocycles. The van der Waals surface area contributed by atoms with Gasteiger partial charge in [0.1, 0.15) is 0 Å². The largest absolute Gasteiger partial charge is 0.290 e. The highest BCUT2D eigenvalue weighted by Crippen LogP contribution is 2.32. The molecule has 0 saturated heterocycles. The highest BCUT2D eigenvalue weighted by Gasteiger charge is 2.14. The van der Waals surface area contributed by atoms with Gasteiger partial charge >= 0.3 is 0 Å². The van der Waals surface area contributed by atoms with E-state index in [2.05, 4.69) is 52.4 Å². The van der Waals surface area contributed by atoms with Gasteiger partial charge in [-0.1, -0.05) is 60.7 Å². The molecule has 1 aromatic heterocycles. The molecule has 0 saturated carbocycles. The summed E-state index contributed by atoms with van der Waals surface area (Å²) in [5.74, 6) is 0. The Morgan fingerprint density at radius 1 is 0.743 bits per heavy atom. The molecule has 5 heteroatoms. The maximum atomic E-state index is 9.84. The second kappa shape index (κ2) is 10.3.